The monoisotopic (exact) mass is 355 g/mol. The maximum absolute atomic E-state index is 11.7. The number of rotatable bonds is 6. The maximum atomic E-state index is 11.7. The van der Waals surface area contributed by atoms with Crippen LogP contribution in [0.1, 0.15) is 25.0 Å². The molecule has 0 unspecified atom stereocenters. The van der Waals surface area contributed by atoms with Gasteiger partial charge in [0.05, 0.1) is 6.54 Å². The van der Waals surface area contributed by atoms with Crippen LogP contribution in [0.15, 0.2) is 35.6 Å². The Bertz CT molecular complexity index is 922. The highest BCUT2D eigenvalue weighted by Gasteiger charge is 2.24. The Morgan fingerprint density at radius 3 is 2.44 bits per heavy atom. The maximum Gasteiger partial charge on any atom is 0.183 e. The molecule has 0 saturated carbocycles. The number of thioether (sulfide) groups is 1. The summed E-state index contributed by atoms with van der Waals surface area (Å²) in [6.45, 7) is 5.35. The molecule has 0 spiro atoms. The molecule has 8 heteroatoms. The zero-order chi connectivity index (χ0) is 18.0. The lowest BCUT2D eigenvalue weighted by molar-refractivity contribution is -0.123. The fourth-order valence-corrected chi connectivity index (χ4v) is 3.30. The first-order valence-electron chi connectivity index (χ1n) is 7.73. The van der Waals surface area contributed by atoms with Gasteiger partial charge in [-0.1, -0.05) is 46.8 Å². The van der Waals surface area contributed by atoms with Gasteiger partial charge in [-0.25, -0.2) is 14.6 Å². The van der Waals surface area contributed by atoms with Gasteiger partial charge in [-0.3, -0.25) is 9.59 Å². The summed E-state index contributed by atoms with van der Waals surface area (Å²) >= 11 is 1.09. The summed E-state index contributed by atoms with van der Waals surface area (Å²) < 4.78 is 1.68. The van der Waals surface area contributed by atoms with Gasteiger partial charge in [-0.2, -0.15) is 0 Å². The summed E-state index contributed by atoms with van der Waals surface area (Å²) in [5, 5.41) is 7.99. The van der Waals surface area contributed by atoms with Crippen molar-refractivity contribution in [1.82, 2.24) is 25.0 Å². The second-order valence-electron chi connectivity index (χ2n) is 5.80. The molecule has 25 heavy (non-hydrogen) atoms. The van der Waals surface area contributed by atoms with Gasteiger partial charge in [0.15, 0.2) is 22.7 Å². The molecule has 3 aromatic rings. The van der Waals surface area contributed by atoms with E-state index in [4.69, 9.17) is 0 Å². The minimum atomic E-state index is -0.791. The normalized spacial score (nSPS) is 11.2. The lowest BCUT2D eigenvalue weighted by Crippen LogP contribution is -2.22. The van der Waals surface area contributed by atoms with E-state index in [0.29, 0.717) is 22.7 Å². The number of carbonyl (C=O) groups excluding carboxylic acids is 2. The highest BCUT2D eigenvalue weighted by molar-refractivity contribution is 8.01. The molecule has 0 radical (unpaired) electrons. The molecule has 128 valence electrons. The highest BCUT2D eigenvalue weighted by Crippen LogP contribution is 2.27. The van der Waals surface area contributed by atoms with Crippen LogP contribution in [0.4, 0.5) is 0 Å². The number of hydrogen-bond donors (Lipinski definition) is 0. The van der Waals surface area contributed by atoms with Crippen molar-refractivity contribution in [1.29, 1.82) is 0 Å². The van der Waals surface area contributed by atoms with Crippen LogP contribution < -0.4 is 0 Å². The number of fused-ring (bicyclic) bond motifs is 1. The molecule has 0 amide bonds. The number of benzene rings is 1. The van der Waals surface area contributed by atoms with Crippen molar-refractivity contribution in [2.24, 2.45) is 0 Å². The molecule has 7 nitrogen and oxygen atoms in total. The van der Waals surface area contributed by atoms with Crippen molar-refractivity contribution in [2.75, 3.05) is 0 Å². The van der Waals surface area contributed by atoms with Gasteiger partial charge in [-0.05, 0) is 26.3 Å². The summed E-state index contributed by atoms with van der Waals surface area (Å²) in [6.07, 6.45) is 1.40. The third-order valence-electron chi connectivity index (χ3n) is 3.69. The third-order valence-corrected chi connectivity index (χ3v) is 5.11. The molecule has 2 aromatic heterocycles. The zero-order valence-corrected chi connectivity index (χ0v) is 14.9. The second-order valence-corrected chi connectivity index (χ2v) is 6.90. The summed E-state index contributed by atoms with van der Waals surface area (Å²) in [7, 11) is 0. The largest absolute Gasteiger partial charge is 0.298 e. The fourth-order valence-electron chi connectivity index (χ4n) is 2.39. The molecule has 0 aliphatic rings. The van der Waals surface area contributed by atoms with Gasteiger partial charge in [0.1, 0.15) is 16.6 Å². The first-order valence-corrected chi connectivity index (χ1v) is 8.61. The van der Waals surface area contributed by atoms with E-state index >= 15 is 0 Å². The van der Waals surface area contributed by atoms with Gasteiger partial charge in [-0.15, -0.1) is 5.10 Å². The number of hydrogen-bond acceptors (Lipinski definition) is 7. The van der Waals surface area contributed by atoms with Crippen molar-refractivity contribution < 1.29 is 9.59 Å². The molecular weight excluding hydrogens is 338 g/mol. The lowest BCUT2D eigenvalue weighted by atomic mass is 10.1. The van der Waals surface area contributed by atoms with Gasteiger partial charge in [0, 0.05) is 0 Å². The van der Waals surface area contributed by atoms with E-state index in [1.807, 2.05) is 31.2 Å². The van der Waals surface area contributed by atoms with E-state index < -0.39 is 5.25 Å². The number of nitrogens with zero attached hydrogens (tertiary/aromatic N) is 5. The first kappa shape index (κ1) is 17.2. The zero-order valence-electron chi connectivity index (χ0n) is 14.1. The molecule has 0 aliphatic heterocycles. The smallest absolute Gasteiger partial charge is 0.183 e. The van der Waals surface area contributed by atoms with E-state index in [1.165, 1.54) is 25.7 Å². The SMILES string of the molecule is CC(=O)C(Sc1ncnc2c1nnn2Cc1ccc(C)cc1)C(C)=O. The summed E-state index contributed by atoms with van der Waals surface area (Å²) in [5.41, 5.74) is 3.33. The molecular formula is C17H17N5O2S. The average Bonchev–Trinajstić information content (AvgIpc) is 2.98. The number of ketones is 2. The van der Waals surface area contributed by atoms with Crippen LogP contribution in [-0.4, -0.2) is 41.8 Å². The fraction of sp³-hybridized carbons (Fsp3) is 0.294. The Morgan fingerprint density at radius 2 is 1.80 bits per heavy atom. The van der Waals surface area contributed by atoms with Crippen LogP contribution in [0, 0.1) is 6.92 Å². The summed E-state index contributed by atoms with van der Waals surface area (Å²) in [6, 6.07) is 8.13. The Balaban J connectivity index is 1.93. The lowest BCUT2D eigenvalue weighted by Gasteiger charge is -2.09. The average molecular weight is 355 g/mol. The van der Waals surface area contributed by atoms with Gasteiger partial charge >= 0.3 is 0 Å². The van der Waals surface area contributed by atoms with E-state index in [-0.39, 0.29) is 11.6 Å². The number of aryl methyl sites for hydroxylation is 1. The summed E-state index contributed by atoms with van der Waals surface area (Å²) in [4.78, 5) is 31.8. The molecule has 0 bridgehead atoms. The van der Waals surface area contributed by atoms with E-state index in [9.17, 15) is 9.59 Å². The van der Waals surface area contributed by atoms with Crippen LogP contribution in [0.3, 0.4) is 0 Å². The third kappa shape index (κ3) is 3.74. The summed E-state index contributed by atoms with van der Waals surface area (Å²) in [5.74, 6) is -0.424. The Labute approximate surface area is 148 Å². The predicted molar refractivity (Wildman–Crippen MR) is 94.4 cm³/mol. The van der Waals surface area contributed by atoms with E-state index in [2.05, 4.69) is 20.3 Å². The predicted octanol–water partition coefficient (Wildman–Crippen LogP) is 2.22. The Kier molecular flexibility index (Phi) is 4.89. The van der Waals surface area contributed by atoms with Gasteiger partial charge in [0.25, 0.3) is 0 Å². The highest BCUT2D eigenvalue weighted by atomic mass is 32.2. The Hall–Kier alpha value is -2.61. The molecule has 0 aliphatic carbocycles. The van der Waals surface area contributed by atoms with Crippen LogP contribution in [-0.2, 0) is 16.1 Å². The first-order chi connectivity index (χ1) is 12.0. The van der Waals surface area contributed by atoms with Crippen LogP contribution in [0.5, 0.6) is 0 Å². The van der Waals surface area contributed by atoms with Gasteiger partial charge < -0.3 is 0 Å². The van der Waals surface area contributed by atoms with E-state index in [0.717, 1.165) is 17.3 Å². The minimum absolute atomic E-state index is 0.212. The molecule has 1 aromatic carbocycles. The minimum Gasteiger partial charge on any atom is -0.298 e. The quantitative estimate of drug-likeness (QED) is 0.380. The molecule has 0 atom stereocenters. The number of carbonyl (C=O) groups is 2. The topological polar surface area (TPSA) is 90.6 Å². The van der Waals surface area contributed by atoms with E-state index in [1.54, 1.807) is 4.68 Å². The second kappa shape index (κ2) is 7.10. The van der Waals surface area contributed by atoms with Crippen molar-refractivity contribution in [3.63, 3.8) is 0 Å². The van der Waals surface area contributed by atoms with Crippen molar-refractivity contribution >= 4 is 34.5 Å². The van der Waals surface area contributed by atoms with Crippen molar-refractivity contribution in [3.8, 4) is 0 Å². The number of aromatic nitrogens is 5. The molecule has 0 saturated heterocycles. The number of Topliss-reactive ketones (excluding diaryl/α,β-unsaturated/α-hetero) is 2. The van der Waals surface area contributed by atoms with Crippen LogP contribution in [0.25, 0.3) is 11.2 Å². The van der Waals surface area contributed by atoms with Crippen molar-refractivity contribution in [3.05, 3.63) is 41.7 Å². The van der Waals surface area contributed by atoms with Crippen LogP contribution in [0.2, 0.25) is 0 Å². The molecule has 2 heterocycles. The standard InChI is InChI=1S/C17H17N5O2S/c1-10-4-6-13(7-5-10)8-22-16-14(20-21-22)17(19-9-18-16)25-15(11(2)23)12(3)24/h4-7,9,15H,8H2,1-3H3. The molecule has 0 fully saturated rings. The van der Waals surface area contributed by atoms with Gasteiger partial charge in [0.2, 0.25) is 0 Å². The molecule has 3 rings (SSSR count). The molecule has 0 N–H and O–H groups in total. The Morgan fingerprint density at radius 1 is 1.12 bits per heavy atom. The van der Waals surface area contributed by atoms with Crippen LogP contribution >= 0.6 is 11.8 Å². The van der Waals surface area contributed by atoms with Crippen molar-refractivity contribution in [2.45, 2.75) is 37.6 Å².